The molecule has 1 atom stereocenters. The average molecular weight is 572 g/mol. The number of hydrogen-bond donors (Lipinski definition) is 1. The quantitative estimate of drug-likeness (QED) is 0.320. The van der Waals surface area contributed by atoms with E-state index in [4.69, 9.17) is 27.9 Å². The van der Waals surface area contributed by atoms with Crippen LogP contribution in [0.2, 0.25) is 10.0 Å². The number of carbonyl (C=O) groups is 2. The molecule has 0 bridgehead atoms. The van der Waals surface area contributed by atoms with Crippen molar-refractivity contribution in [1.29, 1.82) is 0 Å². The van der Waals surface area contributed by atoms with Gasteiger partial charge in [-0.3, -0.25) is 9.59 Å². The van der Waals surface area contributed by atoms with Crippen LogP contribution in [0.3, 0.4) is 0 Å². The van der Waals surface area contributed by atoms with Crippen LogP contribution in [0.25, 0.3) is 0 Å². The fourth-order valence-corrected chi connectivity index (χ4v) is 4.22. The molecule has 0 heterocycles. The van der Waals surface area contributed by atoms with E-state index in [1.165, 1.54) is 4.90 Å². The Kier molecular flexibility index (Phi) is 10.7. The van der Waals surface area contributed by atoms with Gasteiger partial charge in [-0.25, -0.2) is 0 Å². The molecule has 2 amide bonds. The van der Waals surface area contributed by atoms with Gasteiger partial charge in [0.1, 0.15) is 11.8 Å². The standard InChI is InChI=1S/C26H33BrCl2N2O3/c1-6-7-12-30-25(33)17(2)31(15-18-8-10-20(28)14-22(18)29)24(32)16-34-23-11-9-19(13-21(23)27)26(3,4)5/h8-11,13-14,17H,6-7,12,15-16H2,1-5H3,(H,30,33). The van der Waals surface area contributed by atoms with E-state index in [0.29, 0.717) is 27.9 Å². The van der Waals surface area contributed by atoms with Crippen LogP contribution in [0.15, 0.2) is 40.9 Å². The molecule has 1 unspecified atom stereocenters. The summed E-state index contributed by atoms with van der Waals surface area (Å²) in [7, 11) is 0. The minimum absolute atomic E-state index is 0.00785. The topological polar surface area (TPSA) is 58.6 Å². The summed E-state index contributed by atoms with van der Waals surface area (Å²) in [6, 6.07) is 10.2. The van der Waals surface area contributed by atoms with E-state index in [1.807, 2.05) is 18.2 Å². The molecule has 2 aromatic rings. The number of nitrogens with one attached hydrogen (secondary N) is 1. The lowest BCUT2D eigenvalue weighted by atomic mass is 9.87. The third-order valence-electron chi connectivity index (χ3n) is 5.50. The van der Waals surface area contributed by atoms with Gasteiger partial charge >= 0.3 is 0 Å². The van der Waals surface area contributed by atoms with E-state index in [9.17, 15) is 9.59 Å². The minimum Gasteiger partial charge on any atom is -0.483 e. The number of nitrogens with zero attached hydrogens (tertiary/aromatic N) is 1. The maximum Gasteiger partial charge on any atom is 0.261 e. The van der Waals surface area contributed by atoms with Gasteiger partial charge in [0.25, 0.3) is 5.91 Å². The van der Waals surface area contributed by atoms with Crippen LogP contribution < -0.4 is 10.1 Å². The number of rotatable bonds is 10. The highest BCUT2D eigenvalue weighted by atomic mass is 79.9. The Morgan fingerprint density at radius 3 is 2.44 bits per heavy atom. The summed E-state index contributed by atoms with van der Waals surface area (Å²) in [5.41, 5.74) is 1.84. The second-order valence-corrected chi connectivity index (χ2v) is 11.0. The summed E-state index contributed by atoms with van der Waals surface area (Å²) in [5.74, 6) is 0.0180. The largest absolute Gasteiger partial charge is 0.483 e. The minimum atomic E-state index is -0.702. The Morgan fingerprint density at radius 2 is 1.85 bits per heavy atom. The summed E-state index contributed by atoms with van der Waals surface area (Å²) in [4.78, 5) is 27.5. The molecule has 0 radical (unpaired) electrons. The summed E-state index contributed by atoms with van der Waals surface area (Å²) < 4.78 is 6.61. The molecule has 8 heteroatoms. The molecule has 0 spiro atoms. The van der Waals surface area contributed by atoms with Crippen LogP contribution >= 0.6 is 39.1 Å². The normalized spacial score (nSPS) is 12.2. The highest BCUT2D eigenvalue weighted by Crippen LogP contribution is 2.31. The molecule has 0 saturated heterocycles. The molecule has 0 aliphatic heterocycles. The monoisotopic (exact) mass is 570 g/mol. The molecule has 186 valence electrons. The highest BCUT2D eigenvalue weighted by molar-refractivity contribution is 9.10. The molecule has 0 aromatic heterocycles. The van der Waals surface area contributed by atoms with Crippen LogP contribution in [-0.2, 0) is 21.5 Å². The van der Waals surface area contributed by atoms with Gasteiger partial charge in [-0.15, -0.1) is 0 Å². The number of carbonyl (C=O) groups excluding carboxylic acids is 2. The third kappa shape index (κ3) is 8.17. The Balaban J connectivity index is 2.20. The maximum atomic E-state index is 13.2. The van der Waals surface area contributed by atoms with Crippen molar-refractivity contribution < 1.29 is 14.3 Å². The van der Waals surface area contributed by atoms with Crippen LogP contribution in [0.4, 0.5) is 0 Å². The predicted octanol–water partition coefficient (Wildman–Crippen LogP) is 6.77. The number of unbranched alkanes of at least 4 members (excludes halogenated alkanes) is 1. The number of ether oxygens (including phenoxy) is 1. The zero-order valence-electron chi connectivity index (χ0n) is 20.4. The van der Waals surface area contributed by atoms with E-state index < -0.39 is 6.04 Å². The first-order valence-corrected chi connectivity index (χ1v) is 12.9. The first-order chi connectivity index (χ1) is 15.9. The van der Waals surface area contributed by atoms with Crippen molar-refractivity contribution in [2.75, 3.05) is 13.2 Å². The van der Waals surface area contributed by atoms with Crippen LogP contribution in [-0.4, -0.2) is 35.9 Å². The summed E-state index contributed by atoms with van der Waals surface area (Å²) in [6.45, 7) is 10.7. The first kappa shape index (κ1) is 28.5. The summed E-state index contributed by atoms with van der Waals surface area (Å²) in [6.07, 6.45) is 1.84. The number of amides is 2. The third-order valence-corrected chi connectivity index (χ3v) is 6.71. The fraction of sp³-hybridized carbons (Fsp3) is 0.462. The second kappa shape index (κ2) is 12.8. The van der Waals surface area contributed by atoms with E-state index >= 15 is 0 Å². The number of hydrogen-bond acceptors (Lipinski definition) is 3. The van der Waals surface area contributed by atoms with Crippen LogP contribution in [0, 0.1) is 0 Å². The molecule has 5 nitrogen and oxygen atoms in total. The lowest BCUT2D eigenvalue weighted by Crippen LogP contribution is -2.49. The molecule has 0 fully saturated rings. The summed E-state index contributed by atoms with van der Waals surface area (Å²) >= 11 is 15.9. The predicted molar refractivity (Wildman–Crippen MR) is 143 cm³/mol. The molecule has 34 heavy (non-hydrogen) atoms. The van der Waals surface area contributed by atoms with Gasteiger partial charge in [0.2, 0.25) is 5.91 Å². The zero-order chi connectivity index (χ0) is 25.5. The smallest absolute Gasteiger partial charge is 0.261 e. The van der Waals surface area contributed by atoms with Gasteiger partial charge in [-0.1, -0.05) is 69.5 Å². The molecule has 2 rings (SSSR count). The molecule has 0 aliphatic rings. The Hall–Kier alpha value is -1.76. The fourth-order valence-electron chi connectivity index (χ4n) is 3.26. The van der Waals surface area contributed by atoms with Crippen molar-refractivity contribution in [3.63, 3.8) is 0 Å². The van der Waals surface area contributed by atoms with Gasteiger partial charge in [0.05, 0.1) is 4.47 Å². The maximum absolute atomic E-state index is 13.2. The molecule has 0 saturated carbocycles. The molecule has 0 aliphatic carbocycles. The molecule has 2 aromatic carbocycles. The Morgan fingerprint density at radius 1 is 1.15 bits per heavy atom. The number of benzene rings is 2. The van der Waals surface area contributed by atoms with Crippen molar-refractivity contribution in [1.82, 2.24) is 10.2 Å². The van der Waals surface area contributed by atoms with Crippen LogP contribution in [0.1, 0.15) is 58.6 Å². The summed E-state index contributed by atoms with van der Waals surface area (Å²) in [5, 5.41) is 3.84. The van der Waals surface area contributed by atoms with Crippen molar-refractivity contribution in [2.24, 2.45) is 0 Å². The molecular weight excluding hydrogens is 539 g/mol. The Bertz CT molecular complexity index is 1010. The van der Waals surface area contributed by atoms with Gasteiger partial charge in [-0.2, -0.15) is 0 Å². The lowest BCUT2D eigenvalue weighted by Gasteiger charge is -2.29. The second-order valence-electron chi connectivity index (χ2n) is 9.26. The average Bonchev–Trinajstić information content (AvgIpc) is 2.76. The van der Waals surface area contributed by atoms with Gasteiger partial charge in [0.15, 0.2) is 6.61 Å². The van der Waals surface area contributed by atoms with E-state index in [0.717, 1.165) is 22.9 Å². The molecule has 1 N–H and O–H groups in total. The van der Waals surface area contributed by atoms with Crippen molar-refractivity contribution in [2.45, 2.75) is 65.5 Å². The van der Waals surface area contributed by atoms with Crippen LogP contribution in [0.5, 0.6) is 5.75 Å². The van der Waals surface area contributed by atoms with E-state index in [2.05, 4.69) is 48.9 Å². The van der Waals surface area contributed by atoms with Crippen molar-refractivity contribution in [3.8, 4) is 5.75 Å². The SMILES string of the molecule is CCCCNC(=O)C(C)N(Cc1ccc(Cl)cc1Cl)C(=O)COc1ccc(C(C)(C)C)cc1Br. The van der Waals surface area contributed by atoms with Crippen molar-refractivity contribution in [3.05, 3.63) is 62.0 Å². The van der Waals surface area contributed by atoms with Crippen molar-refractivity contribution >= 4 is 50.9 Å². The highest BCUT2D eigenvalue weighted by Gasteiger charge is 2.27. The van der Waals surface area contributed by atoms with E-state index in [1.54, 1.807) is 25.1 Å². The van der Waals surface area contributed by atoms with E-state index in [-0.39, 0.29) is 30.4 Å². The zero-order valence-corrected chi connectivity index (χ0v) is 23.5. The number of halogens is 3. The van der Waals surface area contributed by atoms with Gasteiger partial charge in [-0.05, 0) is 70.1 Å². The van der Waals surface area contributed by atoms with Gasteiger partial charge in [0, 0.05) is 23.1 Å². The Labute approximate surface area is 221 Å². The lowest BCUT2D eigenvalue weighted by molar-refractivity contribution is -0.142. The first-order valence-electron chi connectivity index (χ1n) is 11.4. The van der Waals surface area contributed by atoms with Gasteiger partial charge < -0.3 is 15.0 Å². The molecular formula is C26H33BrCl2N2O3.